The molecule has 0 bridgehead atoms. The molecule has 2 heterocycles. The van der Waals surface area contributed by atoms with Crippen molar-refractivity contribution in [3.8, 4) is 0 Å². The highest BCUT2D eigenvalue weighted by atomic mass is 16.5. The summed E-state index contributed by atoms with van der Waals surface area (Å²) in [4.78, 5) is 9.07. The van der Waals surface area contributed by atoms with Crippen molar-refractivity contribution < 1.29 is 9.47 Å². The molecule has 2 N–H and O–H groups in total. The number of aromatic nitrogens is 3. The lowest BCUT2D eigenvalue weighted by Gasteiger charge is -2.54. The van der Waals surface area contributed by atoms with Gasteiger partial charge in [0.15, 0.2) is 11.8 Å². The highest BCUT2D eigenvalue weighted by Gasteiger charge is 2.57. The highest BCUT2D eigenvalue weighted by molar-refractivity contribution is 5.80. The second-order valence-corrected chi connectivity index (χ2v) is 8.33. The third kappa shape index (κ3) is 3.64. The number of hydrogen-bond acceptors (Lipinski definition) is 5. The number of ether oxygens (including phenoxy) is 2. The second-order valence-electron chi connectivity index (χ2n) is 8.33. The molecule has 0 radical (unpaired) electrons. The molecule has 0 saturated heterocycles. The van der Waals surface area contributed by atoms with Gasteiger partial charge in [0.05, 0.1) is 12.6 Å². The number of fused-ring (bicyclic) bond motifs is 1. The lowest BCUT2D eigenvalue weighted by Crippen LogP contribution is -2.65. The van der Waals surface area contributed by atoms with E-state index < -0.39 is 0 Å². The Labute approximate surface area is 167 Å². The fourth-order valence-corrected chi connectivity index (χ4v) is 5.29. The number of aliphatic imine (C=N–C) groups is 1. The smallest absolute Gasteiger partial charge is 0.191 e. The summed E-state index contributed by atoms with van der Waals surface area (Å²) in [6.07, 6.45) is 8.59. The minimum absolute atomic E-state index is 0.300. The van der Waals surface area contributed by atoms with Crippen LogP contribution in [0, 0.1) is 5.41 Å². The third-order valence-electron chi connectivity index (χ3n) is 6.74. The second kappa shape index (κ2) is 8.37. The van der Waals surface area contributed by atoms with E-state index in [2.05, 4.69) is 32.6 Å². The van der Waals surface area contributed by atoms with E-state index in [0.717, 1.165) is 50.0 Å². The summed E-state index contributed by atoms with van der Waals surface area (Å²) in [6.45, 7) is 4.18. The Kier molecular flexibility index (Phi) is 5.87. The van der Waals surface area contributed by atoms with E-state index in [9.17, 15) is 0 Å². The Morgan fingerprint density at radius 1 is 1.32 bits per heavy atom. The molecule has 3 atom stereocenters. The van der Waals surface area contributed by atoms with E-state index in [-0.39, 0.29) is 0 Å². The maximum atomic E-state index is 6.04. The van der Waals surface area contributed by atoms with Gasteiger partial charge < -0.3 is 20.1 Å². The molecule has 2 aliphatic carbocycles. The zero-order valence-corrected chi connectivity index (χ0v) is 17.4. The molecule has 28 heavy (non-hydrogen) atoms. The molecule has 3 aliphatic rings. The van der Waals surface area contributed by atoms with Crippen molar-refractivity contribution in [1.82, 2.24) is 25.4 Å². The predicted octanol–water partition coefficient (Wildman–Crippen LogP) is 1.64. The molecule has 1 aromatic rings. The molecular formula is C20H34N6O2. The zero-order valence-electron chi connectivity index (χ0n) is 17.4. The Balaban J connectivity index is 1.35. The van der Waals surface area contributed by atoms with Crippen LogP contribution in [-0.4, -0.2) is 59.7 Å². The summed E-state index contributed by atoms with van der Waals surface area (Å²) < 4.78 is 13.2. The van der Waals surface area contributed by atoms with Gasteiger partial charge in [-0.05, 0) is 32.6 Å². The molecular weight excluding hydrogens is 356 g/mol. The standard InChI is InChI=1S/C20H34N6O2/c1-4-28-16-11-15(20(16)9-5-6-10-20)23-19(21-2)22-14-7-8-18-24-17(13-27-3)25-26(18)12-14/h14-16H,4-13H2,1-3H3,(H2,21,22,23). The van der Waals surface area contributed by atoms with Crippen LogP contribution in [0.1, 0.15) is 57.1 Å². The number of rotatable bonds is 6. The quantitative estimate of drug-likeness (QED) is 0.567. The molecule has 0 aromatic carbocycles. The maximum Gasteiger partial charge on any atom is 0.191 e. The molecule has 1 aromatic heterocycles. The van der Waals surface area contributed by atoms with Gasteiger partial charge in [0.2, 0.25) is 0 Å². The number of methoxy groups -OCH3 is 1. The van der Waals surface area contributed by atoms with E-state index >= 15 is 0 Å². The molecule has 156 valence electrons. The summed E-state index contributed by atoms with van der Waals surface area (Å²) in [5, 5.41) is 11.9. The van der Waals surface area contributed by atoms with Gasteiger partial charge in [0.25, 0.3) is 0 Å². The van der Waals surface area contributed by atoms with E-state index in [1.54, 1.807) is 7.11 Å². The molecule has 8 nitrogen and oxygen atoms in total. The van der Waals surface area contributed by atoms with Crippen LogP contribution in [0.5, 0.6) is 0 Å². The van der Waals surface area contributed by atoms with Crippen LogP contribution >= 0.6 is 0 Å². The van der Waals surface area contributed by atoms with Crippen molar-refractivity contribution in [3.05, 3.63) is 11.6 Å². The average molecular weight is 391 g/mol. The summed E-state index contributed by atoms with van der Waals surface area (Å²) in [5.74, 6) is 2.72. The highest BCUT2D eigenvalue weighted by Crippen LogP contribution is 2.54. The van der Waals surface area contributed by atoms with Crippen molar-refractivity contribution in [2.75, 3.05) is 20.8 Å². The fraction of sp³-hybridized carbons (Fsp3) is 0.850. The van der Waals surface area contributed by atoms with Gasteiger partial charge >= 0.3 is 0 Å². The Hall–Kier alpha value is -1.67. The first-order chi connectivity index (χ1) is 13.7. The monoisotopic (exact) mass is 390 g/mol. The van der Waals surface area contributed by atoms with Gasteiger partial charge in [-0.1, -0.05) is 12.8 Å². The lowest BCUT2D eigenvalue weighted by molar-refractivity contribution is -0.125. The maximum absolute atomic E-state index is 6.04. The Morgan fingerprint density at radius 2 is 2.14 bits per heavy atom. The van der Waals surface area contributed by atoms with Crippen molar-refractivity contribution in [3.63, 3.8) is 0 Å². The van der Waals surface area contributed by atoms with Crippen LogP contribution in [0.25, 0.3) is 0 Å². The van der Waals surface area contributed by atoms with E-state index in [0.29, 0.717) is 30.2 Å². The first-order valence-corrected chi connectivity index (χ1v) is 10.7. The number of aryl methyl sites for hydroxylation is 1. The van der Waals surface area contributed by atoms with Crippen LogP contribution in [0.4, 0.5) is 0 Å². The van der Waals surface area contributed by atoms with Gasteiger partial charge in [-0.15, -0.1) is 0 Å². The topological polar surface area (TPSA) is 85.6 Å². The Bertz CT molecular complexity index is 697. The van der Waals surface area contributed by atoms with Crippen LogP contribution in [0.15, 0.2) is 4.99 Å². The van der Waals surface area contributed by atoms with Crippen molar-refractivity contribution in [2.45, 2.75) is 83.2 Å². The largest absolute Gasteiger partial charge is 0.378 e. The first kappa shape index (κ1) is 19.6. The van der Waals surface area contributed by atoms with Gasteiger partial charge in [-0.3, -0.25) is 4.99 Å². The third-order valence-corrected chi connectivity index (χ3v) is 6.74. The van der Waals surface area contributed by atoms with Crippen molar-refractivity contribution in [2.24, 2.45) is 10.4 Å². The minimum atomic E-state index is 0.300. The van der Waals surface area contributed by atoms with Crippen LogP contribution < -0.4 is 10.6 Å². The summed E-state index contributed by atoms with van der Waals surface area (Å²) in [6, 6.07) is 0.759. The predicted molar refractivity (Wildman–Crippen MR) is 107 cm³/mol. The summed E-state index contributed by atoms with van der Waals surface area (Å²) >= 11 is 0. The van der Waals surface area contributed by atoms with E-state index in [1.165, 1.54) is 25.7 Å². The van der Waals surface area contributed by atoms with E-state index in [1.807, 2.05) is 11.7 Å². The number of hydrogen-bond donors (Lipinski definition) is 2. The zero-order chi connectivity index (χ0) is 19.6. The van der Waals surface area contributed by atoms with Crippen molar-refractivity contribution in [1.29, 1.82) is 0 Å². The van der Waals surface area contributed by atoms with Gasteiger partial charge in [0, 0.05) is 44.7 Å². The average Bonchev–Trinajstić information content (AvgIpc) is 3.34. The van der Waals surface area contributed by atoms with Gasteiger partial charge in [0.1, 0.15) is 12.4 Å². The molecule has 1 aliphatic heterocycles. The molecule has 0 amide bonds. The molecule has 4 rings (SSSR count). The van der Waals surface area contributed by atoms with E-state index in [4.69, 9.17) is 9.47 Å². The minimum Gasteiger partial charge on any atom is -0.378 e. The molecule has 1 spiro atoms. The van der Waals surface area contributed by atoms with Gasteiger partial charge in [-0.2, -0.15) is 5.10 Å². The van der Waals surface area contributed by atoms with Crippen LogP contribution in [0.3, 0.4) is 0 Å². The number of guanidine groups is 1. The molecule has 3 unspecified atom stereocenters. The molecule has 2 fully saturated rings. The van der Waals surface area contributed by atoms with Gasteiger partial charge in [-0.25, -0.2) is 9.67 Å². The lowest BCUT2D eigenvalue weighted by atomic mass is 9.60. The number of nitrogens with one attached hydrogen (secondary N) is 2. The molecule has 8 heteroatoms. The normalized spacial score (nSPS) is 28.8. The summed E-state index contributed by atoms with van der Waals surface area (Å²) in [5.41, 5.74) is 0.300. The van der Waals surface area contributed by atoms with Crippen molar-refractivity contribution >= 4 is 5.96 Å². The Morgan fingerprint density at radius 3 is 2.86 bits per heavy atom. The fourth-order valence-electron chi connectivity index (χ4n) is 5.29. The first-order valence-electron chi connectivity index (χ1n) is 10.7. The SMILES string of the molecule is CCOC1CC(NC(=NC)NC2CCc3nc(COC)nn3C2)C12CCCC2. The van der Waals surface area contributed by atoms with Crippen LogP contribution in [0.2, 0.25) is 0 Å². The summed E-state index contributed by atoms with van der Waals surface area (Å²) in [7, 11) is 3.53. The van der Waals surface area contributed by atoms with Crippen LogP contribution in [-0.2, 0) is 29.0 Å². The molecule has 2 saturated carbocycles. The number of nitrogens with zero attached hydrogens (tertiary/aromatic N) is 4.